The highest BCUT2D eigenvalue weighted by Gasteiger charge is 2.26. The molecule has 2 aromatic carbocycles. The predicted octanol–water partition coefficient (Wildman–Crippen LogP) is 5.81. The van der Waals surface area contributed by atoms with E-state index in [9.17, 15) is 4.79 Å². The van der Waals surface area contributed by atoms with Crippen LogP contribution in [0.1, 0.15) is 24.0 Å². The summed E-state index contributed by atoms with van der Waals surface area (Å²) >= 11 is 18.7. The SMILES string of the molecule is Cc1ccc(NC(=O)C2CCCN(Cc3c(Cl)cccc3Cl)C2)cc1Cl. The summed E-state index contributed by atoms with van der Waals surface area (Å²) in [6.07, 6.45) is 1.84. The van der Waals surface area contributed by atoms with Gasteiger partial charge in [-0.15, -0.1) is 0 Å². The van der Waals surface area contributed by atoms with E-state index in [0.29, 0.717) is 28.2 Å². The van der Waals surface area contributed by atoms with Crippen molar-refractivity contribution in [1.29, 1.82) is 0 Å². The van der Waals surface area contributed by atoms with Crippen LogP contribution in [-0.4, -0.2) is 23.9 Å². The van der Waals surface area contributed by atoms with Gasteiger partial charge in [0.15, 0.2) is 0 Å². The van der Waals surface area contributed by atoms with Crippen molar-refractivity contribution in [3.05, 3.63) is 62.6 Å². The van der Waals surface area contributed by atoms with Crippen LogP contribution in [0.4, 0.5) is 5.69 Å². The Kier molecular flexibility index (Phi) is 6.46. The minimum atomic E-state index is -0.0647. The molecule has 3 rings (SSSR count). The molecule has 1 unspecified atom stereocenters. The van der Waals surface area contributed by atoms with Crippen molar-refractivity contribution < 1.29 is 4.79 Å². The van der Waals surface area contributed by atoms with E-state index in [1.54, 1.807) is 6.07 Å². The van der Waals surface area contributed by atoms with Gasteiger partial charge in [-0.25, -0.2) is 0 Å². The van der Waals surface area contributed by atoms with E-state index in [4.69, 9.17) is 34.8 Å². The van der Waals surface area contributed by atoms with Gasteiger partial charge in [0.1, 0.15) is 0 Å². The van der Waals surface area contributed by atoms with Gasteiger partial charge in [-0.1, -0.05) is 46.9 Å². The van der Waals surface area contributed by atoms with Gasteiger partial charge in [0.25, 0.3) is 0 Å². The molecule has 0 bridgehead atoms. The molecule has 138 valence electrons. The Bertz CT molecular complexity index is 789. The number of nitrogens with zero attached hydrogens (tertiary/aromatic N) is 1. The Morgan fingerprint density at radius 1 is 1.15 bits per heavy atom. The van der Waals surface area contributed by atoms with Crippen molar-refractivity contribution in [2.24, 2.45) is 5.92 Å². The largest absolute Gasteiger partial charge is 0.326 e. The van der Waals surface area contributed by atoms with Crippen LogP contribution in [0.2, 0.25) is 15.1 Å². The third-order valence-electron chi connectivity index (χ3n) is 4.76. The fraction of sp³-hybridized carbons (Fsp3) is 0.350. The van der Waals surface area contributed by atoms with Crippen LogP contribution >= 0.6 is 34.8 Å². The van der Waals surface area contributed by atoms with Gasteiger partial charge in [0.2, 0.25) is 5.91 Å². The second-order valence-corrected chi connectivity index (χ2v) is 7.95. The van der Waals surface area contributed by atoms with E-state index < -0.39 is 0 Å². The molecule has 1 aliphatic heterocycles. The molecule has 3 nitrogen and oxygen atoms in total. The maximum atomic E-state index is 12.7. The number of piperidine rings is 1. The van der Waals surface area contributed by atoms with Crippen molar-refractivity contribution in [2.75, 3.05) is 18.4 Å². The first-order valence-corrected chi connectivity index (χ1v) is 9.79. The number of benzene rings is 2. The summed E-state index contributed by atoms with van der Waals surface area (Å²) < 4.78 is 0. The number of carbonyl (C=O) groups is 1. The number of likely N-dealkylation sites (tertiary alicyclic amines) is 1. The molecule has 1 amide bonds. The number of halogens is 3. The lowest BCUT2D eigenvalue weighted by Crippen LogP contribution is -2.40. The van der Waals surface area contributed by atoms with E-state index in [0.717, 1.165) is 36.2 Å². The standard InChI is InChI=1S/C20H21Cl3N2O/c1-13-7-8-15(10-19(13)23)24-20(26)14-4-3-9-25(11-14)12-16-17(21)5-2-6-18(16)22/h2,5-8,10,14H,3-4,9,11-12H2,1H3,(H,24,26). The number of aryl methyl sites for hydroxylation is 1. The maximum absolute atomic E-state index is 12.7. The molecule has 0 aromatic heterocycles. The van der Waals surface area contributed by atoms with Crippen molar-refractivity contribution in [3.8, 4) is 0 Å². The van der Waals surface area contributed by atoms with Gasteiger partial charge in [-0.05, 0) is 56.1 Å². The first-order valence-electron chi connectivity index (χ1n) is 8.66. The molecule has 1 fully saturated rings. The van der Waals surface area contributed by atoms with Gasteiger partial charge in [-0.2, -0.15) is 0 Å². The third-order valence-corrected chi connectivity index (χ3v) is 5.87. The Labute approximate surface area is 169 Å². The second kappa shape index (κ2) is 8.62. The molecule has 1 N–H and O–H groups in total. The lowest BCUT2D eigenvalue weighted by molar-refractivity contribution is -0.121. The summed E-state index contributed by atoms with van der Waals surface area (Å²) in [5.41, 5.74) is 2.64. The molecular formula is C20H21Cl3N2O. The molecule has 6 heteroatoms. The van der Waals surface area contributed by atoms with Crippen LogP contribution < -0.4 is 5.32 Å². The monoisotopic (exact) mass is 410 g/mol. The van der Waals surface area contributed by atoms with Gasteiger partial charge in [-0.3, -0.25) is 9.69 Å². The quantitative estimate of drug-likeness (QED) is 0.689. The molecule has 1 aliphatic rings. The fourth-order valence-corrected chi connectivity index (χ4v) is 3.93. The molecule has 1 saturated heterocycles. The lowest BCUT2D eigenvalue weighted by Gasteiger charge is -2.32. The Balaban J connectivity index is 1.64. The molecule has 0 radical (unpaired) electrons. The molecule has 0 spiro atoms. The third kappa shape index (κ3) is 4.72. The van der Waals surface area contributed by atoms with Gasteiger partial charge in [0.05, 0.1) is 5.92 Å². The number of rotatable bonds is 4. The minimum absolute atomic E-state index is 0.0277. The molecule has 1 heterocycles. The van der Waals surface area contributed by atoms with Crippen molar-refractivity contribution in [2.45, 2.75) is 26.3 Å². The Morgan fingerprint density at radius 2 is 1.88 bits per heavy atom. The fourth-order valence-electron chi connectivity index (χ4n) is 3.24. The molecule has 2 aromatic rings. The zero-order chi connectivity index (χ0) is 18.7. The average molecular weight is 412 g/mol. The van der Waals surface area contributed by atoms with E-state index >= 15 is 0 Å². The van der Waals surface area contributed by atoms with Crippen LogP contribution in [0.5, 0.6) is 0 Å². The maximum Gasteiger partial charge on any atom is 0.228 e. The summed E-state index contributed by atoms with van der Waals surface area (Å²) in [7, 11) is 0. The second-order valence-electron chi connectivity index (χ2n) is 6.73. The Hall–Kier alpha value is -1.26. The van der Waals surface area contributed by atoms with E-state index in [-0.39, 0.29) is 11.8 Å². The predicted molar refractivity (Wildman–Crippen MR) is 109 cm³/mol. The van der Waals surface area contributed by atoms with Crippen LogP contribution in [0.25, 0.3) is 0 Å². The first kappa shape index (κ1) is 19.5. The van der Waals surface area contributed by atoms with Crippen molar-refractivity contribution in [3.63, 3.8) is 0 Å². The zero-order valence-electron chi connectivity index (χ0n) is 14.6. The van der Waals surface area contributed by atoms with Crippen LogP contribution in [-0.2, 0) is 11.3 Å². The molecular weight excluding hydrogens is 391 g/mol. The highest BCUT2D eigenvalue weighted by atomic mass is 35.5. The number of hydrogen-bond acceptors (Lipinski definition) is 2. The summed E-state index contributed by atoms with van der Waals surface area (Å²) in [5, 5.41) is 4.97. The number of amides is 1. The highest BCUT2D eigenvalue weighted by molar-refractivity contribution is 6.36. The van der Waals surface area contributed by atoms with Gasteiger partial charge < -0.3 is 5.32 Å². The topological polar surface area (TPSA) is 32.3 Å². The summed E-state index contributed by atoms with van der Waals surface area (Å²) in [6, 6.07) is 11.1. The highest BCUT2D eigenvalue weighted by Crippen LogP contribution is 2.28. The number of carbonyl (C=O) groups excluding carboxylic acids is 1. The Morgan fingerprint density at radius 3 is 2.58 bits per heavy atom. The number of nitrogens with one attached hydrogen (secondary N) is 1. The van der Waals surface area contributed by atoms with Crippen molar-refractivity contribution >= 4 is 46.4 Å². The zero-order valence-corrected chi connectivity index (χ0v) is 16.8. The van der Waals surface area contributed by atoms with Gasteiger partial charge >= 0.3 is 0 Å². The normalized spacial score (nSPS) is 17.9. The van der Waals surface area contributed by atoms with Crippen LogP contribution in [0.15, 0.2) is 36.4 Å². The minimum Gasteiger partial charge on any atom is -0.326 e. The van der Waals surface area contributed by atoms with E-state index in [1.807, 2.05) is 37.3 Å². The molecule has 0 aliphatic carbocycles. The van der Waals surface area contributed by atoms with Gasteiger partial charge in [0, 0.05) is 39.4 Å². The summed E-state index contributed by atoms with van der Waals surface area (Å²) in [4.78, 5) is 14.9. The number of anilines is 1. The van der Waals surface area contributed by atoms with Crippen molar-refractivity contribution in [1.82, 2.24) is 4.90 Å². The smallest absolute Gasteiger partial charge is 0.228 e. The first-order chi connectivity index (χ1) is 12.4. The van der Waals surface area contributed by atoms with Crippen LogP contribution in [0, 0.1) is 12.8 Å². The summed E-state index contributed by atoms with van der Waals surface area (Å²) in [5.74, 6) is -0.0371. The molecule has 1 atom stereocenters. The van der Waals surface area contributed by atoms with Crippen LogP contribution in [0.3, 0.4) is 0 Å². The van der Waals surface area contributed by atoms with E-state index in [2.05, 4.69) is 10.2 Å². The molecule has 0 saturated carbocycles. The summed E-state index contributed by atoms with van der Waals surface area (Å²) in [6.45, 7) is 4.21. The lowest BCUT2D eigenvalue weighted by atomic mass is 9.96. The number of hydrogen-bond donors (Lipinski definition) is 1. The van der Waals surface area contributed by atoms with E-state index in [1.165, 1.54) is 0 Å². The average Bonchev–Trinajstić information content (AvgIpc) is 2.62. The molecule has 26 heavy (non-hydrogen) atoms.